The van der Waals surface area contributed by atoms with Crippen LogP contribution in [0.25, 0.3) is 6.08 Å². The lowest BCUT2D eigenvalue weighted by atomic mass is 10.1. The normalized spacial score (nSPS) is 15.2. The molecule has 0 aliphatic carbocycles. The van der Waals surface area contributed by atoms with Crippen molar-refractivity contribution in [3.8, 4) is 0 Å². The van der Waals surface area contributed by atoms with Gasteiger partial charge in [0.1, 0.15) is 23.2 Å². The van der Waals surface area contributed by atoms with Crippen LogP contribution in [-0.4, -0.2) is 11.7 Å². The molecule has 0 saturated heterocycles. The van der Waals surface area contributed by atoms with Crippen LogP contribution in [0, 0.1) is 11.6 Å². The van der Waals surface area contributed by atoms with E-state index in [0.717, 1.165) is 10.0 Å². The average Bonchev–Trinajstić information content (AvgIpc) is 3.01. The SMILES string of the molecule is O=C1/C(=C\c2ccc(F)cc2)N=C(c2ccc(Br)cc2)N1c1ccc(F)cc1. The maximum atomic E-state index is 13.4. The van der Waals surface area contributed by atoms with E-state index in [1.807, 2.05) is 24.3 Å². The Labute approximate surface area is 168 Å². The van der Waals surface area contributed by atoms with Crippen LogP contribution in [0.5, 0.6) is 0 Å². The zero-order chi connectivity index (χ0) is 19.7. The number of halogens is 3. The molecule has 0 bridgehead atoms. The predicted octanol–water partition coefficient (Wildman–Crippen LogP) is 5.56. The Hall–Kier alpha value is -3.12. The zero-order valence-electron chi connectivity index (χ0n) is 14.4. The van der Waals surface area contributed by atoms with Crippen LogP contribution in [0.15, 0.2) is 88.0 Å². The highest BCUT2D eigenvalue weighted by Gasteiger charge is 2.32. The van der Waals surface area contributed by atoms with E-state index in [-0.39, 0.29) is 23.2 Å². The van der Waals surface area contributed by atoms with Gasteiger partial charge in [0.25, 0.3) is 5.91 Å². The van der Waals surface area contributed by atoms with Crippen LogP contribution in [0.4, 0.5) is 14.5 Å². The summed E-state index contributed by atoms with van der Waals surface area (Å²) in [6, 6.07) is 18.8. The van der Waals surface area contributed by atoms with Crippen molar-refractivity contribution >= 4 is 39.4 Å². The summed E-state index contributed by atoms with van der Waals surface area (Å²) >= 11 is 3.39. The molecule has 0 radical (unpaired) electrons. The van der Waals surface area contributed by atoms with Crippen molar-refractivity contribution in [3.05, 3.63) is 106 Å². The first-order valence-electron chi connectivity index (χ1n) is 8.43. The van der Waals surface area contributed by atoms with E-state index in [2.05, 4.69) is 20.9 Å². The van der Waals surface area contributed by atoms with Crippen LogP contribution < -0.4 is 4.90 Å². The molecule has 0 atom stereocenters. The number of amides is 1. The molecule has 6 heteroatoms. The minimum atomic E-state index is -0.389. The van der Waals surface area contributed by atoms with Crippen molar-refractivity contribution < 1.29 is 13.6 Å². The first-order valence-corrected chi connectivity index (χ1v) is 9.22. The molecule has 3 aromatic carbocycles. The summed E-state index contributed by atoms with van der Waals surface area (Å²) in [7, 11) is 0. The first-order chi connectivity index (χ1) is 13.5. The number of hydrogen-bond donors (Lipinski definition) is 0. The number of aliphatic imine (C=N–C) groups is 1. The van der Waals surface area contributed by atoms with Gasteiger partial charge in [0, 0.05) is 10.0 Å². The average molecular weight is 439 g/mol. The van der Waals surface area contributed by atoms with E-state index in [4.69, 9.17) is 0 Å². The second-order valence-corrected chi connectivity index (χ2v) is 7.06. The Morgan fingerprint density at radius 3 is 2.00 bits per heavy atom. The summed E-state index contributed by atoms with van der Waals surface area (Å²) in [4.78, 5) is 19.0. The van der Waals surface area contributed by atoms with E-state index in [0.29, 0.717) is 17.1 Å². The third kappa shape index (κ3) is 3.64. The van der Waals surface area contributed by atoms with Gasteiger partial charge in [-0.15, -0.1) is 0 Å². The highest BCUT2D eigenvalue weighted by molar-refractivity contribution is 9.10. The maximum absolute atomic E-state index is 13.4. The van der Waals surface area contributed by atoms with Crippen LogP contribution in [-0.2, 0) is 4.79 Å². The second-order valence-electron chi connectivity index (χ2n) is 6.14. The van der Waals surface area contributed by atoms with Crippen LogP contribution in [0.1, 0.15) is 11.1 Å². The Morgan fingerprint density at radius 1 is 0.821 bits per heavy atom. The topological polar surface area (TPSA) is 32.7 Å². The molecule has 3 aromatic rings. The van der Waals surface area contributed by atoms with E-state index in [1.165, 1.54) is 41.3 Å². The van der Waals surface area contributed by atoms with Gasteiger partial charge in [-0.3, -0.25) is 9.69 Å². The summed E-state index contributed by atoms with van der Waals surface area (Å²) in [6.07, 6.45) is 1.60. The Kier molecular flexibility index (Phi) is 4.88. The van der Waals surface area contributed by atoms with Crippen molar-refractivity contribution in [2.75, 3.05) is 4.90 Å². The Balaban J connectivity index is 1.81. The van der Waals surface area contributed by atoms with Crippen LogP contribution >= 0.6 is 15.9 Å². The van der Waals surface area contributed by atoms with Gasteiger partial charge < -0.3 is 0 Å². The number of anilines is 1. The lowest BCUT2D eigenvalue weighted by Gasteiger charge is -2.18. The van der Waals surface area contributed by atoms with Crippen LogP contribution in [0.2, 0.25) is 0 Å². The van der Waals surface area contributed by atoms with Gasteiger partial charge in [-0.2, -0.15) is 0 Å². The van der Waals surface area contributed by atoms with Crippen molar-refractivity contribution in [1.82, 2.24) is 0 Å². The number of carbonyl (C=O) groups excluding carboxylic acids is 1. The summed E-state index contributed by atoms with van der Waals surface area (Å²) in [5, 5.41) is 0. The smallest absolute Gasteiger partial charge is 0.266 e. The lowest BCUT2D eigenvalue weighted by Crippen LogP contribution is -2.32. The van der Waals surface area contributed by atoms with E-state index in [9.17, 15) is 13.6 Å². The highest BCUT2D eigenvalue weighted by atomic mass is 79.9. The Bertz CT molecular complexity index is 1090. The number of carbonyl (C=O) groups is 1. The molecule has 3 nitrogen and oxygen atoms in total. The molecular formula is C22H13BrF2N2O. The molecule has 0 saturated carbocycles. The standard InChI is InChI=1S/C22H13BrF2N2O/c23-16-5-3-15(4-6-16)21-26-20(13-14-1-7-17(24)8-2-14)22(28)27(21)19-11-9-18(25)10-12-19/h1-13H/b20-13+. The number of benzene rings is 3. The molecule has 0 aromatic heterocycles. The largest absolute Gasteiger partial charge is 0.282 e. The molecule has 1 aliphatic heterocycles. The fourth-order valence-electron chi connectivity index (χ4n) is 2.86. The zero-order valence-corrected chi connectivity index (χ0v) is 16.0. The van der Waals surface area contributed by atoms with Gasteiger partial charge in [-0.25, -0.2) is 13.8 Å². The van der Waals surface area contributed by atoms with Gasteiger partial charge >= 0.3 is 0 Å². The molecule has 1 aliphatic rings. The molecule has 0 spiro atoms. The van der Waals surface area contributed by atoms with Crippen molar-refractivity contribution in [2.24, 2.45) is 4.99 Å². The van der Waals surface area contributed by atoms with Crippen molar-refractivity contribution in [2.45, 2.75) is 0 Å². The van der Waals surface area contributed by atoms with Gasteiger partial charge in [0.05, 0.1) is 5.69 Å². The molecule has 1 amide bonds. The van der Waals surface area contributed by atoms with Gasteiger partial charge in [0.15, 0.2) is 0 Å². The third-order valence-corrected chi connectivity index (χ3v) is 4.75. The Morgan fingerprint density at radius 2 is 1.39 bits per heavy atom. The number of rotatable bonds is 3. The van der Waals surface area contributed by atoms with Crippen LogP contribution in [0.3, 0.4) is 0 Å². The first kappa shape index (κ1) is 18.3. The summed E-state index contributed by atoms with van der Waals surface area (Å²) < 4.78 is 27.4. The minimum Gasteiger partial charge on any atom is -0.266 e. The summed E-state index contributed by atoms with van der Waals surface area (Å²) in [5.74, 6) is -0.641. The predicted molar refractivity (Wildman–Crippen MR) is 109 cm³/mol. The van der Waals surface area contributed by atoms with E-state index < -0.39 is 0 Å². The number of nitrogens with zero attached hydrogens (tertiary/aromatic N) is 2. The fraction of sp³-hybridized carbons (Fsp3) is 0. The lowest BCUT2D eigenvalue weighted by molar-refractivity contribution is -0.113. The van der Waals surface area contributed by atoms with E-state index in [1.54, 1.807) is 18.2 Å². The monoisotopic (exact) mass is 438 g/mol. The second kappa shape index (κ2) is 7.48. The molecule has 0 fully saturated rings. The number of hydrogen-bond acceptors (Lipinski definition) is 2. The van der Waals surface area contributed by atoms with Gasteiger partial charge in [0.2, 0.25) is 0 Å². The van der Waals surface area contributed by atoms with E-state index >= 15 is 0 Å². The van der Waals surface area contributed by atoms with Crippen molar-refractivity contribution in [3.63, 3.8) is 0 Å². The molecule has 138 valence electrons. The molecule has 1 heterocycles. The molecule has 0 unspecified atom stereocenters. The maximum Gasteiger partial charge on any atom is 0.282 e. The molecule has 28 heavy (non-hydrogen) atoms. The van der Waals surface area contributed by atoms with Gasteiger partial charge in [-0.05, 0) is 60.2 Å². The van der Waals surface area contributed by atoms with Crippen molar-refractivity contribution in [1.29, 1.82) is 0 Å². The fourth-order valence-corrected chi connectivity index (χ4v) is 3.12. The summed E-state index contributed by atoms with van der Waals surface area (Å²) in [5.41, 5.74) is 2.12. The minimum absolute atomic E-state index is 0.217. The summed E-state index contributed by atoms with van der Waals surface area (Å²) in [6.45, 7) is 0. The highest BCUT2D eigenvalue weighted by Crippen LogP contribution is 2.28. The molecule has 4 rings (SSSR count). The number of amidine groups is 1. The molecular weight excluding hydrogens is 426 g/mol. The third-order valence-electron chi connectivity index (χ3n) is 4.22. The van der Waals surface area contributed by atoms with Gasteiger partial charge in [-0.1, -0.05) is 40.2 Å². The quantitative estimate of drug-likeness (QED) is 0.492. The molecule has 0 N–H and O–H groups in total.